The molecule has 0 spiro atoms. The molecule has 3 aromatic carbocycles. The summed E-state index contributed by atoms with van der Waals surface area (Å²) in [5.41, 5.74) is 2.45. The molecule has 6 heteroatoms. The second kappa shape index (κ2) is 11.7. The Morgan fingerprint density at radius 3 is 1.62 bits per heavy atom. The fraction of sp³-hybridized carbons (Fsp3) is 0.214. The Hall–Kier alpha value is -4.06. The lowest BCUT2D eigenvalue weighted by Gasteiger charge is -2.15. The van der Waals surface area contributed by atoms with Gasteiger partial charge in [-0.3, -0.25) is 4.79 Å². The van der Waals surface area contributed by atoms with E-state index >= 15 is 0 Å². The number of hydrogen-bond donors (Lipinski definition) is 0. The molecule has 3 aromatic rings. The van der Waals surface area contributed by atoms with Crippen LogP contribution >= 0.6 is 0 Å². The van der Waals surface area contributed by atoms with Crippen LogP contribution in [-0.2, 0) is 14.3 Å². The molecule has 0 atom stereocenters. The highest BCUT2D eigenvalue weighted by Crippen LogP contribution is 2.16. The van der Waals surface area contributed by atoms with Crippen LogP contribution in [0.4, 0.5) is 0 Å². The van der Waals surface area contributed by atoms with Crippen LogP contribution in [0.25, 0.3) is 0 Å². The van der Waals surface area contributed by atoms with E-state index in [1.165, 1.54) is 0 Å². The number of aryl methyl sites for hydroxylation is 2. The maximum absolute atomic E-state index is 11.8. The first-order valence-electron chi connectivity index (χ1n) is 10.7. The molecule has 0 aromatic heterocycles. The van der Waals surface area contributed by atoms with E-state index in [9.17, 15) is 19.2 Å². The fourth-order valence-electron chi connectivity index (χ4n) is 2.53. The van der Waals surface area contributed by atoms with Gasteiger partial charge in [-0.1, -0.05) is 53.6 Å². The van der Waals surface area contributed by atoms with Crippen molar-refractivity contribution in [3.63, 3.8) is 0 Å². The van der Waals surface area contributed by atoms with Gasteiger partial charge in [0.15, 0.2) is 0 Å². The second-order valence-electron chi connectivity index (χ2n) is 8.71. The predicted octanol–water partition coefficient (Wildman–Crippen LogP) is 5.72. The highest BCUT2D eigenvalue weighted by atomic mass is 16.6. The molecule has 6 nitrogen and oxygen atoms in total. The Morgan fingerprint density at radius 1 is 0.559 bits per heavy atom. The van der Waals surface area contributed by atoms with Crippen molar-refractivity contribution in [2.45, 2.75) is 34.6 Å². The van der Waals surface area contributed by atoms with E-state index in [2.05, 4.69) is 0 Å². The molecule has 0 bridgehead atoms. The average molecular weight is 461 g/mol. The summed E-state index contributed by atoms with van der Waals surface area (Å²) in [5, 5.41) is 0. The monoisotopic (exact) mass is 460 g/mol. The van der Waals surface area contributed by atoms with E-state index in [1.54, 1.807) is 93.6 Å². The number of ether oxygens (including phenoxy) is 2. The summed E-state index contributed by atoms with van der Waals surface area (Å²) >= 11 is 0. The van der Waals surface area contributed by atoms with E-state index in [-0.39, 0.29) is 0 Å². The summed E-state index contributed by atoms with van der Waals surface area (Å²) in [6.07, 6.45) is 0. The molecule has 3 rings (SSSR count). The van der Waals surface area contributed by atoms with Crippen molar-refractivity contribution in [2.75, 3.05) is 0 Å². The molecular weight excluding hydrogens is 432 g/mol. The van der Waals surface area contributed by atoms with Gasteiger partial charge >= 0.3 is 23.9 Å². The van der Waals surface area contributed by atoms with Gasteiger partial charge in [-0.2, -0.15) is 0 Å². The zero-order valence-electron chi connectivity index (χ0n) is 20.0. The van der Waals surface area contributed by atoms with Crippen LogP contribution in [0.2, 0.25) is 0 Å². The largest absolute Gasteiger partial charge is 0.389 e. The van der Waals surface area contributed by atoms with Crippen molar-refractivity contribution in [1.82, 2.24) is 0 Å². The van der Waals surface area contributed by atoms with Gasteiger partial charge in [0.25, 0.3) is 0 Å². The van der Waals surface area contributed by atoms with E-state index in [0.29, 0.717) is 16.7 Å². The van der Waals surface area contributed by atoms with Gasteiger partial charge in [0.1, 0.15) is 0 Å². The lowest BCUT2D eigenvalue weighted by molar-refractivity contribution is -0.146. The van der Waals surface area contributed by atoms with Crippen molar-refractivity contribution in [2.24, 2.45) is 5.41 Å². The molecule has 0 saturated heterocycles. The first-order chi connectivity index (χ1) is 16.0. The maximum atomic E-state index is 11.8. The normalized spacial score (nSPS) is 10.4. The first kappa shape index (κ1) is 26.2. The summed E-state index contributed by atoms with van der Waals surface area (Å²) in [4.78, 5) is 46.5. The van der Waals surface area contributed by atoms with Crippen LogP contribution in [0.15, 0.2) is 78.9 Å². The Kier molecular flexibility index (Phi) is 9.01. The lowest BCUT2D eigenvalue weighted by atomic mass is 9.97. The fourth-order valence-corrected chi connectivity index (χ4v) is 2.53. The highest BCUT2D eigenvalue weighted by Gasteiger charge is 2.26. The zero-order chi connectivity index (χ0) is 25.3. The Labute approximate surface area is 199 Å². The topological polar surface area (TPSA) is 86.7 Å². The number of esters is 4. The molecule has 176 valence electrons. The number of hydrogen-bond acceptors (Lipinski definition) is 6. The number of carbonyl (C=O) groups is 4. The number of rotatable bonds is 3. The highest BCUT2D eigenvalue weighted by molar-refractivity contribution is 6.02. The first-order valence-corrected chi connectivity index (χ1v) is 10.7. The standard InChI is InChI=1S/C16H14O3.C12H14O3/c1-11-6-8-13(9-7-11)15(17)19-16(18)14-5-3-4-12(2)10-14;1-12(2,3)11(14)15-10(13)9-7-5-4-6-8-9/h3-10H,1-2H3;4-8H,1-3H3. The third-order valence-electron chi connectivity index (χ3n) is 4.53. The van der Waals surface area contributed by atoms with Crippen LogP contribution in [-0.4, -0.2) is 23.9 Å². The molecule has 0 radical (unpaired) electrons. The Morgan fingerprint density at radius 2 is 1.06 bits per heavy atom. The molecule has 0 fully saturated rings. The molecule has 0 saturated carbocycles. The van der Waals surface area contributed by atoms with Crippen LogP contribution in [0, 0.1) is 19.3 Å². The molecule has 34 heavy (non-hydrogen) atoms. The Balaban J connectivity index is 0.000000248. The smallest absolute Gasteiger partial charge is 0.346 e. The summed E-state index contributed by atoms with van der Waals surface area (Å²) in [7, 11) is 0. The van der Waals surface area contributed by atoms with E-state index in [0.717, 1.165) is 11.1 Å². The second-order valence-corrected chi connectivity index (χ2v) is 8.71. The molecule has 0 N–H and O–H groups in total. The van der Waals surface area contributed by atoms with Crippen molar-refractivity contribution in [3.05, 3.63) is 107 Å². The summed E-state index contributed by atoms with van der Waals surface area (Å²) in [6.45, 7) is 8.90. The van der Waals surface area contributed by atoms with Crippen molar-refractivity contribution >= 4 is 23.9 Å². The van der Waals surface area contributed by atoms with E-state index in [1.807, 2.05) is 19.9 Å². The van der Waals surface area contributed by atoms with E-state index in [4.69, 9.17) is 9.47 Å². The summed E-state index contributed by atoms with van der Waals surface area (Å²) < 4.78 is 9.56. The van der Waals surface area contributed by atoms with Crippen LogP contribution in [0.1, 0.15) is 63.0 Å². The quantitative estimate of drug-likeness (QED) is 0.367. The molecule has 0 aliphatic rings. The predicted molar refractivity (Wildman–Crippen MR) is 128 cm³/mol. The van der Waals surface area contributed by atoms with Gasteiger partial charge < -0.3 is 9.47 Å². The van der Waals surface area contributed by atoms with Gasteiger partial charge in [-0.25, -0.2) is 14.4 Å². The van der Waals surface area contributed by atoms with Gasteiger partial charge in [0.05, 0.1) is 22.1 Å². The van der Waals surface area contributed by atoms with E-state index < -0.39 is 29.3 Å². The Bertz CT molecular complexity index is 1160. The molecule has 0 aliphatic heterocycles. The van der Waals surface area contributed by atoms with Crippen LogP contribution in [0.5, 0.6) is 0 Å². The van der Waals surface area contributed by atoms with Gasteiger partial charge in [0.2, 0.25) is 0 Å². The maximum Gasteiger partial charge on any atom is 0.346 e. The minimum atomic E-state index is -0.662. The van der Waals surface area contributed by atoms with Crippen molar-refractivity contribution in [3.8, 4) is 0 Å². The SMILES string of the molecule is CC(C)(C)C(=O)OC(=O)c1ccccc1.Cc1ccc(C(=O)OC(=O)c2cccc(C)c2)cc1. The zero-order valence-corrected chi connectivity index (χ0v) is 20.0. The summed E-state index contributed by atoms with van der Waals surface area (Å²) in [5.74, 6) is -2.38. The molecule has 0 amide bonds. The third-order valence-corrected chi connectivity index (χ3v) is 4.53. The van der Waals surface area contributed by atoms with Gasteiger partial charge in [-0.05, 0) is 71.0 Å². The van der Waals surface area contributed by atoms with Crippen LogP contribution in [0.3, 0.4) is 0 Å². The van der Waals surface area contributed by atoms with Crippen LogP contribution < -0.4 is 0 Å². The van der Waals surface area contributed by atoms with Crippen molar-refractivity contribution in [1.29, 1.82) is 0 Å². The molecular formula is C28H28O6. The lowest BCUT2D eigenvalue weighted by Crippen LogP contribution is -2.25. The number of carbonyl (C=O) groups excluding carboxylic acids is 4. The third kappa shape index (κ3) is 8.13. The van der Waals surface area contributed by atoms with Gasteiger partial charge in [0, 0.05) is 0 Å². The minimum absolute atomic E-state index is 0.367. The summed E-state index contributed by atoms with van der Waals surface area (Å²) in [6, 6.07) is 22.3. The number of benzene rings is 3. The van der Waals surface area contributed by atoms with Gasteiger partial charge in [-0.15, -0.1) is 0 Å². The molecule has 0 aliphatic carbocycles. The average Bonchev–Trinajstić information content (AvgIpc) is 2.79. The molecule has 0 unspecified atom stereocenters. The minimum Gasteiger partial charge on any atom is -0.389 e. The molecule has 0 heterocycles. The van der Waals surface area contributed by atoms with Crippen molar-refractivity contribution < 1.29 is 28.7 Å².